The van der Waals surface area contributed by atoms with E-state index in [2.05, 4.69) is 15.3 Å². The molecule has 2 aliphatic heterocycles. The molecular weight excluding hydrogens is 565 g/mol. The molecule has 0 saturated carbocycles. The van der Waals surface area contributed by atoms with Gasteiger partial charge in [-0.2, -0.15) is 0 Å². The lowest BCUT2D eigenvalue weighted by atomic mass is 9.73. The van der Waals surface area contributed by atoms with Gasteiger partial charge in [0.25, 0.3) is 5.91 Å². The van der Waals surface area contributed by atoms with Crippen LogP contribution in [0.5, 0.6) is 0 Å². The lowest BCUT2D eigenvalue weighted by molar-refractivity contribution is -0.0980. The molecule has 10 heteroatoms. The lowest BCUT2D eigenvalue weighted by Crippen LogP contribution is -2.73. The number of nitrogens with one attached hydrogen (secondary N) is 1. The number of carbonyl (C=O) groups is 2. The van der Waals surface area contributed by atoms with Gasteiger partial charge in [-0.25, -0.2) is 14.2 Å². The summed E-state index contributed by atoms with van der Waals surface area (Å²) in [6.45, 7) is 7.72. The van der Waals surface area contributed by atoms with Gasteiger partial charge in [-0.05, 0) is 62.7 Å². The number of aromatic nitrogens is 2. The number of anilines is 2. The first-order valence-corrected chi connectivity index (χ1v) is 15.0. The van der Waals surface area contributed by atoms with Gasteiger partial charge in [0.2, 0.25) is 0 Å². The van der Waals surface area contributed by atoms with Crippen LogP contribution in [0.15, 0.2) is 72.4 Å². The van der Waals surface area contributed by atoms with Gasteiger partial charge in [0, 0.05) is 60.0 Å². The highest BCUT2D eigenvalue weighted by molar-refractivity contribution is 7.16. The number of carbonyl (C=O) groups excluding carboxylic acids is 2. The molecule has 0 radical (unpaired) electrons. The number of hydrogen-bond acceptors (Lipinski definition) is 7. The number of para-hydroxylation sites is 1. The fourth-order valence-electron chi connectivity index (χ4n) is 5.95. The Balaban J connectivity index is 1.04. The second kappa shape index (κ2) is 10.0. The largest absolute Gasteiger partial charge is 0.444 e. The van der Waals surface area contributed by atoms with Gasteiger partial charge in [-0.1, -0.05) is 24.3 Å². The molecule has 5 aromatic rings. The third-order valence-electron chi connectivity index (χ3n) is 7.94. The number of amides is 2. The Hall–Kier alpha value is -4.57. The fourth-order valence-corrected chi connectivity index (χ4v) is 6.65. The van der Waals surface area contributed by atoms with Crippen molar-refractivity contribution < 1.29 is 18.7 Å². The van der Waals surface area contributed by atoms with Crippen LogP contribution in [0.2, 0.25) is 0 Å². The summed E-state index contributed by atoms with van der Waals surface area (Å²) in [6.07, 6.45) is 1.40. The van der Waals surface area contributed by atoms with Gasteiger partial charge in [-0.15, -0.1) is 11.3 Å². The molecule has 1 N–H and O–H groups in total. The summed E-state index contributed by atoms with van der Waals surface area (Å²) in [5.41, 5.74) is 6.00. The van der Waals surface area contributed by atoms with Gasteiger partial charge in [0.15, 0.2) is 0 Å². The Labute approximate surface area is 252 Å². The Bertz CT molecular complexity index is 1900. The van der Waals surface area contributed by atoms with E-state index in [1.165, 1.54) is 6.07 Å². The molecule has 2 amide bonds. The van der Waals surface area contributed by atoms with Crippen molar-refractivity contribution in [3.63, 3.8) is 0 Å². The van der Waals surface area contributed by atoms with Crippen LogP contribution in [-0.2, 0) is 4.74 Å². The first-order chi connectivity index (χ1) is 20.6. The van der Waals surface area contributed by atoms with Crippen LogP contribution in [0.1, 0.15) is 31.1 Å². The molecule has 3 aromatic carbocycles. The summed E-state index contributed by atoms with van der Waals surface area (Å²) in [7, 11) is 0. The zero-order valence-electron chi connectivity index (χ0n) is 24.1. The predicted molar refractivity (Wildman–Crippen MR) is 166 cm³/mol. The van der Waals surface area contributed by atoms with Gasteiger partial charge < -0.3 is 19.9 Å². The number of hydrogen-bond donors (Lipinski definition) is 1. The van der Waals surface area contributed by atoms with Crippen molar-refractivity contribution in [2.24, 2.45) is 5.41 Å². The van der Waals surface area contributed by atoms with Crippen molar-refractivity contribution in [3.8, 4) is 11.1 Å². The zero-order chi connectivity index (χ0) is 29.9. The van der Waals surface area contributed by atoms with Gasteiger partial charge in [-0.3, -0.25) is 9.78 Å². The first-order valence-electron chi connectivity index (χ1n) is 14.1. The minimum absolute atomic E-state index is 0.0937. The average molecular weight is 596 g/mol. The van der Waals surface area contributed by atoms with E-state index in [1.54, 1.807) is 39.5 Å². The molecule has 7 rings (SSSR count). The Kier molecular flexibility index (Phi) is 6.35. The van der Waals surface area contributed by atoms with Crippen LogP contribution in [0.25, 0.3) is 32.2 Å². The summed E-state index contributed by atoms with van der Waals surface area (Å²) in [6, 6.07) is 18.2. The molecule has 8 nitrogen and oxygen atoms in total. The average Bonchev–Trinajstić information content (AvgIpc) is 3.40. The minimum atomic E-state index is -0.543. The number of fused-ring (bicyclic) bond motifs is 2. The quantitative estimate of drug-likeness (QED) is 0.239. The normalized spacial score (nSPS) is 15.8. The van der Waals surface area contributed by atoms with Crippen molar-refractivity contribution >= 4 is 55.8 Å². The molecule has 218 valence electrons. The fraction of sp³-hybridized carbons (Fsp3) is 0.273. The standard InChI is InChI=1S/C33H30FN5O3S/c1-32(2,3)42-31(41)39-17-33(18-39)15-38(16-33)30(40)21-8-9-22(24(34)13-21)20-7-10-23-25(11-12-35-27(23)14-20)37-26-5-4-6-28-29(26)36-19-43-28/h4-14,19H,15-18H2,1-3H3,(H,35,37). The molecule has 43 heavy (non-hydrogen) atoms. The number of likely N-dealkylation sites (tertiary alicyclic amines) is 2. The van der Waals surface area contributed by atoms with E-state index in [4.69, 9.17) is 4.74 Å². The van der Waals surface area contributed by atoms with Gasteiger partial charge >= 0.3 is 6.09 Å². The molecule has 4 heterocycles. The van der Waals surface area contributed by atoms with Gasteiger partial charge in [0.1, 0.15) is 16.9 Å². The van der Waals surface area contributed by atoms with Crippen LogP contribution >= 0.6 is 11.3 Å². The molecule has 2 aliphatic rings. The van der Waals surface area contributed by atoms with Crippen molar-refractivity contribution in [3.05, 3.63) is 83.8 Å². The zero-order valence-corrected chi connectivity index (χ0v) is 24.9. The number of halogens is 1. The van der Waals surface area contributed by atoms with Crippen LogP contribution in [0.3, 0.4) is 0 Å². The van der Waals surface area contributed by atoms with E-state index < -0.39 is 11.4 Å². The minimum Gasteiger partial charge on any atom is -0.444 e. The number of ether oxygens (including phenoxy) is 1. The van der Waals surface area contributed by atoms with E-state index in [0.717, 1.165) is 32.5 Å². The topological polar surface area (TPSA) is 87.7 Å². The number of nitrogens with zero attached hydrogens (tertiary/aromatic N) is 4. The Morgan fingerprint density at radius 1 is 0.953 bits per heavy atom. The summed E-state index contributed by atoms with van der Waals surface area (Å²) >= 11 is 1.59. The highest BCUT2D eigenvalue weighted by atomic mass is 32.1. The van der Waals surface area contributed by atoms with E-state index in [9.17, 15) is 9.59 Å². The second-order valence-corrected chi connectivity index (χ2v) is 13.3. The molecule has 0 bridgehead atoms. The maximum Gasteiger partial charge on any atom is 0.410 e. The van der Waals surface area contributed by atoms with Crippen LogP contribution in [0.4, 0.5) is 20.6 Å². The Morgan fingerprint density at radius 2 is 1.74 bits per heavy atom. The molecule has 2 fully saturated rings. The van der Waals surface area contributed by atoms with E-state index in [0.29, 0.717) is 42.9 Å². The third-order valence-corrected chi connectivity index (χ3v) is 8.74. The van der Waals surface area contributed by atoms with Crippen LogP contribution < -0.4 is 5.32 Å². The number of benzene rings is 3. The molecule has 0 aliphatic carbocycles. The lowest BCUT2D eigenvalue weighted by Gasteiger charge is -2.59. The van der Waals surface area contributed by atoms with Crippen molar-refractivity contribution in [2.75, 3.05) is 31.5 Å². The highest BCUT2D eigenvalue weighted by Gasteiger charge is 2.55. The SMILES string of the molecule is CC(C)(C)OC(=O)N1CC2(C1)CN(C(=O)c1ccc(-c3ccc4c(Nc5cccc6scnc56)ccnc4c3)c(F)c1)C2. The van der Waals surface area contributed by atoms with E-state index >= 15 is 4.39 Å². The number of thiazole rings is 1. The summed E-state index contributed by atoms with van der Waals surface area (Å²) < 4.78 is 21.9. The third kappa shape index (κ3) is 5.05. The van der Waals surface area contributed by atoms with E-state index in [-0.39, 0.29) is 17.4 Å². The molecule has 1 spiro atoms. The van der Waals surface area contributed by atoms with E-state index in [1.807, 2.05) is 68.7 Å². The Morgan fingerprint density at radius 3 is 2.51 bits per heavy atom. The monoisotopic (exact) mass is 595 g/mol. The maximum absolute atomic E-state index is 15.4. The number of rotatable bonds is 4. The highest BCUT2D eigenvalue weighted by Crippen LogP contribution is 2.41. The van der Waals surface area contributed by atoms with Crippen molar-refractivity contribution in [1.82, 2.24) is 19.8 Å². The van der Waals surface area contributed by atoms with Gasteiger partial charge in [0.05, 0.1) is 21.4 Å². The molecule has 2 aromatic heterocycles. The first kappa shape index (κ1) is 27.3. The summed E-state index contributed by atoms with van der Waals surface area (Å²) in [4.78, 5) is 37.8. The molecular formula is C33H30FN5O3S. The summed E-state index contributed by atoms with van der Waals surface area (Å²) in [5.74, 6) is -0.678. The van der Waals surface area contributed by atoms with Crippen LogP contribution in [0, 0.1) is 11.2 Å². The molecule has 2 saturated heterocycles. The number of pyridine rings is 1. The summed E-state index contributed by atoms with van der Waals surface area (Å²) in [5, 5.41) is 4.38. The van der Waals surface area contributed by atoms with Crippen molar-refractivity contribution in [1.29, 1.82) is 0 Å². The maximum atomic E-state index is 15.4. The van der Waals surface area contributed by atoms with Crippen LogP contribution in [-0.4, -0.2) is 63.5 Å². The molecule has 0 atom stereocenters. The van der Waals surface area contributed by atoms with Crippen molar-refractivity contribution in [2.45, 2.75) is 26.4 Å². The second-order valence-electron chi connectivity index (χ2n) is 12.4. The smallest absolute Gasteiger partial charge is 0.410 e. The molecule has 0 unspecified atom stereocenters. The predicted octanol–water partition coefficient (Wildman–Crippen LogP) is 7.09.